The summed E-state index contributed by atoms with van der Waals surface area (Å²) in [6, 6.07) is 10.2. The van der Waals surface area contributed by atoms with Gasteiger partial charge in [-0.05, 0) is 55.8 Å². The van der Waals surface area contributed by atoms with Crippen LogP contribution in [0.2, 0.25) is 0 Å². The third-order valence-corrected chi connectivity index (χ3v) is 6.03. The molecule has 0 aliphatic carbocycles. The van der Waals surface area contributed by atoms with E-state index in [-0.39, 0.29) is 4.88 Å². The number of benzene rings is 1. The first-order chi connectivity index (χ1) is 14.9. The predicted molar refractivity (Wildman–Crippen MR) is 118 cm³/mol. The summed E-state index contributed by atoms with van der Waals surface area (Å²) in [6.45, 7) is 3.73. The second-order valence-corrected chi connectivity index (χ2v) is 8.07. The molecule has 2 amide bonds. The second-order valence-electron chi connectivity index (χ2n) is 7.07. The molecule has 1 aromatic carbocycles. The Bertz CT molecular complexity index is 1360. The molecule has 4 aromatic rings. The monoisotopic (exact) mass is 432 g/mol. The first-order valence-corrected chi connectivity index (χ1v) is 10.2. The van der Waals surface area contributed by atoms with Gasteiger partial charge in [-0.15, -0.1) is 11.3 Å². The minimum absolute atomic E-state index is 0.0651. The number of urea groups is 1. The Labute approximate surface area is 180 Å². The van der Waals surface area contributed by atoms with E-state index in [9.17, 15) is 14.7 Å². The van der Waals surface area contributed by atoms with E-state index in [1.165, 1.54) is 4.90 Å². The van der Waals surface area contributed by atoms with Crippen molar-refractivity contribution in [1.29, 1.82) is 0 Å². The molecule has 3 aromatic heterocycles. The summed E-state index contributed by atoms with van der Waals surface area (Å²) in [5.74, 6) is 0.0783. The number of carbonyl (C=O) groups is 2. The number of nitrogens with one attached hydrogen (secondary N) is 1. The molecule has 0 bridgehead atoms. The van der Waals surface area contributed by atoms with Crippen molar-refractivity contribution < 1.29 is 19.4 Å². The fourth-order valence-corrected chi connectivity index (χ4v) is 4.56. The molecule has 0 unspecified atom stereocenters. The van der Waals surface area contributed by atoms with E-state index in [1.54, 1.807) is 36.7 Å². The van der Waals surface area contributed by atoms with Crippen molar-refractivity contribution in [3.8, 4) is 11.5 Å². The molecule has 4 heterocycles. The van der Waals surface area contributed by atoms with Crippen LogP contribution in [0.25, 0.3) is 10.2 Å². The smallest absolute Gasteiger partial charge is 0.348 e. The zero-order chi connectivity index (χ0) is 21.7. The Kier molecular flexibility index (Phi) is 4.33. The number of thiophene rings is 1. The number of amides is 2. The van der Waals surface area contributed by atoms with Gasteiger partial charge < -0.3 is 15.2 Å². The van der Waals surface area contributed by atoms with Gasteiger partial charge in [0.1, 0.15) is 21.2 Å². The molecule has 0 saturated carbocycles. The fraction of sp³-hybridized carbons (Fsp3) is 0.0909. The summed E-state index contributed by atoms with van der Waals surface area (Å²) in [6.07, 6.45) is 3.19. The molecule has 0 radical (unpaired) electrons. The van der Waals surface area contributed by atoms with E-state index in [4.69, 9.17) is 4.74 Å². The number of rotatable bonds is 4. The highest BCUT2D eigenvalue weighted by molar-refractivity contribution is 7.21. The average Bonchev–Trinajstić information content (AvgIpc) is 3.12. The lowest BCUT2D eigenvalue weighted by atomic mass is 10.1. The summed E-state index contributed by atoms with van der Waals surface area (Å²) < 4.78 is 5.86. The highest BCUT2D eigenvalue weighted by Gasteiger charge is 2.34. The van der Waals surface area contributed by atoms with Crippen LogP contribution in [0.5, 0.6) is 11.5 Å². The van der Waals surface area contributed by atoms with Crippen molar-refractivity contribution in [2.24, 2.45) is 0 Å². The van der Waals surface area contributed by atoms with E-state index >= 15 is 0 Å². The van der Waals surface area contributed by atoms with Gasteiger partial charge in [0.05, 0.1) is 28.6 Å². The first-order valence-electron chi connectivity index (χ1n) is 9.39. The Hall–Kier alpha value is -3.98. The maximum atomic E-state index is 13.0. The van der Waals surface area contributed by atoms with Crippen LogP contribution in [0.3, 0.4) is 0 Å². The number of aromatic carboxylic acids is 1. The molecule has 0 spiro atoms. The Morgan fingerprint density at radius 3 is 2.65 bits per heavy atom. The summed E-state index contributed by atoms with van der Waals surface area (Å²) in [4.78, 5) is 35.4. The summed E-state index contributed by atoms with van der Waals surface area (Å²) in [5, 5.41) is 13.2. The maximum Gasteiger partial charge on any atom is 0.348 e. The topological polar surface area (TPSA) is 105 Å². The molecule has 0 atom stereocenters. The number of anilines is 3. The van der Waals surface area contributed by atoms with Crippen molar-refractivity contribution >= 4 is 50.6 Å². The molecule has 0 fully saturated rings. The number of pyridine rings is 2. The molecule has 5 rings (SSSR count). The largest absolute Gasteiger partial charge is 0.477 e. The third-order valence-electron chi connectivity index (χ3n) is 4.96. The molecular weight excluding hydrogens is 416 g/mol. The van der Waals surface area contributed by atoms with E-state index in [0.29, 0.717) is 38.8 Å². The molecule has 1 aliphatic heterocycles. The van der Waals surface area contributed by atoms with Gasteiger partial charge in [-0.2, -0.15) is 0 Å². The van der Waals surface area contributed by atoms with Crippen LogP contribution in [0.1, 0.15) is 20.9 Å². The minimum Gasteiger partial charge on any atom is -0.477 e. The molecular formula is C22H16N4O4S. The van der Waals surface area contributed by atoms with E-state index < -0.39 is 12.0 Å². The Balaban J connectivity index is 1.60. The number of ether oxygens (including phenoxy) is 1. The Morgan fingerprint density at radius 2 is 1.94 bits per heavy atom. The molecule has 0 saturated heterocycles. The lowest BCUT2D eigenvalue weighted by molar-refractivity contribution is 0.0703. The van der Waals surface area contributed by atoms with E-state index in [2.05, 4.69) is 15.3 Å². The number of carboxylic acids is 1. The van der Waals surface area contributed by atoms with Crippen LogP contribution in [0.4, 0.5) is 21.9 Å². The van der Waals surface area contributed by atoms with E-state index in [1.807, 2.05) is 26.0 Å². The van der Waals surface area contributed by atoms with Gasteiger partial charge in [0, 0.05) is 11.9 Å². The zero-order valence-electron chi connectivity index (χ0n) is 16.5. The van der Waals surface area contributed by atoms with Crippen molar-refractivity contribution in [1.82, 2.24) is 9.97 Å². The SMILES string of the molecule is Cc1ccc(Oc2ccc(N3C(=O)Nc4ccnc5sc(C(=O)O)c3c45)c(C)c2)cn1. The number of carboxylic acid groups (broad SMARTS) is 1. The average molecular weight is 432 g/mol. The lowest BCUT2D eigenvalue weighted by Crippen LogP contribution is -2.34. The number of aryl methyl sites for hydroxylation is 2. The minimum atomic E-state index is -1.10. The van der Waals surface area contributed by atoms with E-state index in [0.717, 1.165) is 22.6 Å². The summed E-state index contributed by atoms with van der Waals surface area (Å²) in [5.41, 5.74) is 3.08. The van der Waals surface area contributed by atoms with Gasteiger partial charge in [0.25, 0.3) is 0 Å². The van der Waals surface area contributed by atoms with Crippen LogP contribution in [0.15, 0.2) is 48.8 Å². The summed E-state index contributed by atoms with van der Waals surface area (Å²) in [7, 11) is 0. The van der Waals surface area contributed by atoms with Gasteiger partial charge in [-0.1, -0.05) is 0 Å². The van der Waals surface area contributed by atoms with Gasteiger partial charge >= 0.3 is 12.0 Å². The number of nitrogens with zero attached hydrogens (tertiary/aromatic N) is 3. The number of aromatic nitrogens is 2. The number of carbonyl (C=O) groups excluding carboxylic acids is 1. The standard InChI is InChI=1S/C22H16N4O4S/c1-11-9-13(30-14-4-3-12(2)24-10-14)5-6-16(11)26-18-17-15(25-22(26)29)7-8-23-20(17)31-19(18)21(27)28/h3-10H,1-2H3,(H,25,29)(H,27,28). The highest BCUT2D eigenvalue weighted by Crippen LogP contribution is 2.47. The number of hydrogen-bond acceptors (Lipinski definition) is 6. The van der Waals surface area contributed by atoms with Crippen LogP contribution < -0.4 is 15.0 Å². The van der Waals surface area contributed by atoms with Gasteiger partial charge in [0.15, 0.2) is 0 Å². The number of hydrogen-bond donors (Lipinski definition) is 2. The van der Waals surface area contributed by atoms with Crippen molar-refractivity contribution in [2.75, 3.05) is 10.2 Å². The van der Waals surface area contributed by atoms with Crippen LogP contribution in [-0.2, 0) is 0 Å². The van der Waals surface area contributed by atoms with Crippen LogP contribution in [-0.4, -0.2) is 27.1 Å². The van der Waals surface area contributed by atoms with Gasteiger partial charge in [0.2, 0.25) is 0 Å². The molecule has 154 valence electrons. The van der Waals surface area contributed by atoms with Crippen LogP contribution >= 0.6 is 11.3 Å². The predicted octanol–water partition coefficient (Wildman–Crippen LogP) is 5.48. The molecule has 2 N–H and O–H groups in total. The van der Waals surface area contributed by atoms with Crippen molar-refractivity contribution in [2.45, 2.75) is 13.8 Å². The third kappa shape index (κ3) is 3.15. The fourth-order valence-electron chi connectivity index (χ4n) is 3.57. The van der Waals surface area contributed by atoms with Crippen LogP contribution in [0, 0.1) is 13.8 Å². The highest BCUT2D eigenvalue weighted by atomic mass is 32.1. The lowest BCUT2D eigenvalue weighted by Gasteiger charge is -2.29. The maximum absolute atomic E-state index is 13.0. The van der Waals surface area contributed by atoms with Crippen molar-refractivity contribution in [3.63, 3.8) is 0 Å². The van der Waals surface area contributed by atoms with Gasteiger partial charge in [-0.3, -0.25) is 9.88 Å². The Morgan fingerprint density at radius 1 is 1.13 bits per heavy atom. The summed E-state index contributed by atoms with van der Waals surface area (Å²) >= 11 is 1.05. The molecule has 1 aliphatic rings. The molecule has 31 heavy (non-hydrogen) atoms. The molecule has 9 heteroatoms. The quantitative estimate of drug-likeness (QED) is 0.442. The second kappa shape index (κ2) is 7.06. The normalized spacial score (nSPS) is 12.7. The van der Waals surface area contributed by atoms with Gasteiger partial charge in [-0.25, -0.2) is 14.6 Å². The zero-order valence-corrected chi connectivity index (χ0v) is 17.4. The first kappa shape index (κ1) is 19.0. The molecule has 8 nitrogen and oxygen atoms in total. The van der Waals surface area contributed by atoms with Crippen molar-refractivity contribution in [3.05, 3.63) is 64.9 Å².